The molecule has 0 radical (unpaired) electrons. The minimum Gasteiger partial charge on any atom is -0.480 e. The van der Waals surface area contributed by atoms with Crippen LogP contribution >= 0.6 is 0 Å². The zero-order chi connectivity index (χ0) is 17.6. The van der Waals surface area contributed by atoms with E-state index in [1.165, 1.54) is 18.2 Å². The first kappa shape index (κ1) is 17.4. The highest BCUT2D eigenvalue weighted by Gasteiger charge is 2.39. The second-order valence-corrected chi connectivity index (χ2v) is 8.18. The fraction of sp³-hybridized carbons (Fsp3) is 0.467. The smallest absolute Gasteiger partial charge is 0.322 e. The number of carbonyl (C=O) groups is 2. The van der Waals surface area contributed by atoms with Gasteiger partial charge in [0.2, 0.25) is 15.9 Å². The summed E-state index contributed by atoms with van der Waals surface area (Å²) >= 11 is 0. The number of hydrogen-bond acceptors (Lipinski definition) is 4. The molecule has 1 amide bonds. The van der Waals surface area contributed by atoms with Crippen molar-refractivity contribution in [3.63, 3.8) is 0 Å². The highest BCUT2D eigenvalue weighted by atomic mass is 32.2. The maximum atomic E-state index is 12.5. The summed E-state index contributed by atoms with van der Waals surface area (Å²) in [7, 11) is -4.01. The summed E-state index contributed by atoms with van der Waals surface area (Å²) in [6.07, 6.45) is 0. The average Bonchev–Trinajstić information content (AvgIpc) is 2.66. The van der Waals surface area contributed by atoms with Crippen LogP contribution in [-0.4, -0.2) is 31.4 Å². The van der Waals surface area contributed by atoms with Gasteiger partial charge in [-0.25, -0.2) is 8.42 Å². The van der Waals surface area contributed by atoms with Gasteiger partial charge in [0.15, 0.2) is 0 Å². The number of carbonyl (C=O) groups excluding carboxylic acids is 1. The van der Waals surface area contributed by atoms with E-state index >= 15 is 0 Å². The fourth-order valence-electron chi connectivity index (χ4n) is 2.42. The number of hydrogen-bond donors (Lipinski definition) is 3. The molecule has 0 bridgehead atoms. The number of aliphatic carboxylic acids is 1. The van der Waals surface area contributed by atoms with Crippen molar-refractivity contribution >= 4 is 27.6 Å². The monoisotopic (exact) mass is 340 g/mol. The Kier molecular flexibility index (Phi) is 4.25. The van der Waals surface area contributed by atoms with Crippen LogP contribution in [-0.2, 0) is 25.0 Å². The topological polar surface area (TPSA) is 113 Å². The van der Waals surface area contributed by atoms with E-state index in [0.717, 1.165) is 0 Å². The lowest BCUT2D eigenvalue weighted by molar-refractivity contribution is -0.140. The molecule has 2 rings (SSSR count). The molecular formula is C15H20N2O5S. The highest BCUT2D eigenvalue weighted by molar-refractivity contribution is 7.89. The lowest BCUT2D eigenvalue weighted by atomic mass is 9.86. The van der Waals surface area contributed by atoms with Crippen molar-refractivity contribution in [2.24, 2.45) is 5.92 Å². The van der Waals surface area contributed by atoms with Crippen LogP contribution in [0.5, 0.6) is 0 Å². The van der Waals surface area contributed by atoms with Crippen LogP contribution in [0.25, 0.3) is 0 Å². The van der Waals surface area contributed by atoms with Gasteiger partial charge in [-0.1, -0.05) is 13.8 Å². The number of sulfonamides is 1. The molecule has 0 saturated heterocycles. The molecule has 7 nitrogen and oxygen atoms in total. The Morgan fingerprint density at radius 3 is 2.43 bits per heavy atom. The molecule has 0 aliphatic carbocycles. The van der Waals surface area contributed by atoms with Crippen molar-refractivity contribution in [2.45, 2.75) is 44.0 Å². The first-order chi connectivity index (χ1) is 10.5. The van der Waals surface area contributed by atoms with Crippen molar-refractivity contribution in [2.75, 3.05) is 5.32 Å². The van der Waals surface area contributed by atoms with Gasteiger partial charge >= 0.3 is 5.97 Å². The van der Waals surface area contributed by atoms with Crippen molar-refractivity contribution in [1.82, 2.24) is 4.72 Å². The molecule has 8 heteroatoms. The zero-order valence-electron chi connectivity index (χ0n) is 13.4. The third-order valence-corrected chi connectivity index (χ3v) is 5.44. The van der Waals surface area contributed by atoms with Crippen LogP contribution in [0.2, 0.25) is 0 Å². The molecule has 0 fully saturated rings. The number of nitrogens with one attached hydrogen (secondary N) is 2. The van der Waals surface area contributed by atoms with E-state index in [2.05, 4.69) is 10.0 Å². The summed E-state index contributed by atoms with van der Waals surface area (Å²) in [5.41, 5.74) is 0.296. The first-order valence-electron chi connectivity index (χ1n) is 7.18. The van der Waals surface area contributed by atoms with E-state index in [-0.39, 0.29) is 10.8 Å². The van der Waals surface area contributed by atoms with E-state index in [9.17, 15) is 18.0 Å². The standard InChI is InChI=1S/C15H20N2O5S/c1-8(2)12(13(18)19)17-23(21,22)9-5-6-11-10(7-9)15(3,4)14(20)16-11/h5-8,12,17H,1-4H3,(H,16,20)(H,18,19)/t12-/m0/s1. The lowest BCUT2D eigenvalue weighted by Crippen LogP contribution is -2.44. The van der Waals surface area contributed by atoms with Gasteiger partial charge in [-0.15, -0.1) is 0 Å². The molecule has 1 aliphatic rings. The second kappa shape index (κ2) is 5.61. The normalized spacial score (nSPS) is 17.7. The summed E-state index contributed by atoms with van der Waals surface area (Å²) in [4.78, 5) is 23.1. The Bertz CT molecular complexity index is 768. The van der Waals surface area contributed by atoms with Gasteiger partial charge in [-0.05, 0) is 43.5 Å². The molecule has 1 aliphatic heterocycles. The third-order valence-electron chi connectivity index (χ3n) is 4.01. The van der Waals surface area contributed by atoms with Crippen LogP contribution in [0, 0.1) is 5.92 Å². The fourth-order valence-corrected chi connectivity index (χ4v) is 3.79. The largest absolute Gasteiger partial charge is 0.480 e. The minimum atomic E-state index is -4.01. The molecule has 0 aromatic heterocycles. The van der Waals surface area contributed by atoms with E-state index < -0.39 is 33.4 Å². The number of benzene rings is 1. The number of anilines is 1. The highest BCUT2D eigenvalue weighted by Crippen LogP contribution is 2.38. The average molecular weight is 340 g/mol. The van der Waals surface area contributed by atoms with Crippen molar-refractivity contribution in [3.8, 4) is 0 Å². The predicted molar refractivity (Wildman–Crippen MR) is 84.7 cm³/mol. The van der Waals surface area contributed by atoms with Crippen LogP contribution in [0.4, 0.5) is 5.69 Å². The Morgan fingerprint density at radius 2 is 1.91 bits per heavy atom. The zero-order valence-corrected chi connectivity index (χ0v) is 14.2. The quantitative estimate of drug-likeness (QED) is 0.748. The summed E-state index contributed by atoms with van der Waals surface area (Å²) in [5.74, 6) is -1.85. The SMILES string of the molecule is CC(C)[C@H](NS(=O)(=O)c1ccc2c(c1)C(C)(C)C(=O)N2)C(=O)O. The Morgan fingerprint density at radius 1 is 1.30 bits per heavy atom. The molecule has 1 atom stereocenters. The van der Waals surface area contributed by atoms with E-state index in [4.69, 9.17) is 5.11 Å². The molecule has 23 heavy (non-hydrogen) atoms. The van der Waals surface area contributed by atoms with Gasteiger partial charge in [-0.2, -0.15) is 4.72 Å². The van der Waals surface area contributed by atoms with Gasteiger partial charge < -0.3 is 10.4 Å². The van der Waals surface area contributed by atoms with Crippen LogP contribution in [0.1, 0.15) is 33.3 Å². The summed E-state index contributed by atoms with van der Waals surface area (Å²) in [5, 5.41) is 11.8. The predicted octanol–water partition coefficient (Wildman–Crippen LogP) is 1.30. The van der Waals surface area contributed by atoms with Gasteiger partial charge in [-0.3, -0.25) is 9.59 Å². The van der Waals surface area contributed by atoms with Crippen LogP contribution < -0.4 is 10.0 Å². The Hall–Kier alpha value is -1.93. The van der Waals surface area contributed by atoms with Crippen molar-refractivity contribution in [3.05, 3.63) is 23.8 Å². The number of rotatable bonds is 5. The number of carboxylic acid groups (broad SMARTS) is 1. The summed E-state index contributed by atoms with van der Waals surface area (Å²) in [6.45, 7) is 6.64. The van der Waals surface area contributed by atoms with Gasteiger partial charge in [0.1, 0.15) is 6.04 Å². The van der Waals surface area contributed by atoms with Gasteiger partial charge in [0.25, 0.3) is 0 Å². The number of carboxylic acids is 1. The second-order valence-electron chi connectivity index (χ2n) is 6.47. The van der Waals surface area contributed by atoms with Crippen LogP contribution in [0.3, 0.4) is 0 Å². The molecular weight excluding hydrogens is 320 g/mol. The molecule has 126 valence electrons. The molecule has 0 saturated carbocycles. The third kappa shape index (κ3) is 3.09. The Labute approximate surface area is 135 Å². The van der Waals surface area contributed by atoms with Gasteiger partial charge in [0, 0.05) is 5.69 Å². The molecule has 0 spiro atoms. The molecule has 1 aromatic carbocycles. The lowest BCUT2D eigenvalue weighted by Gasteiger charge is -2.19. The maximum Gasteiger partial charge on any atom is 0.322 e. The molecule has 3 N–H and O–H groups in total. The van der Waals surface area contributed by atoms with E-state index in [0.29, 0.717) is 11.3 Å². The molecule has 0 unspecified atom stereocenters. The summed E-state index contributed by atoms with van der Waals surface area (Å²) in [6, 6.07) is 3.06. The van der Waals surface area contributed by atoms with Crippen molar-refractivity contribution in [1.29, 1.82) is 0 Å². The van der Waals surface area contributed by atoms with Crippen LogP contribution in [0.15, 0.2) is 23.1 Å². The van der Waals surface area contributed by atoms with E-state index in [1.807, 2.05) is 0 Å². The van der Waals surface area contributed by atoms with Crippen molar-refractivity contribution < 1.29 is 23.1 Å². The first-order valence-corrected chi connectivity index (χ1v) is 8.66. The van der Waals surface area contributed by atoms with E-state index in [1.54, 1.807) is 27.7 Å². The molecule has 1 aromatic rings. The number of amides is 1. The van der Waals surface area contributed by atoms with Gasteiger partial charge in [0.05, 0.1) is 10.3 Å². The number of fused-ring (bicyclic) bond motifs is 1. The summed E-state index contributed by atoms with van der Waals surface area (Å²) < 4.78 is 27.1. The Balaban J connectivity index is 2.42. The maximum absolute atomic E-state index is 12.5. The minimum absolute atomic E-state index is 0.0623. The molecule has 1 heterocycles.